The molecule has 0 saturated carbocycles. The number of hydrazine groups is 1. The first-order valence-electron chi connectivity index (χ1n) is 8.84. The summed E-state index contributed by atoms with van der Waals surface area (Å²) in [6.07, 6.45) is 0. The highest BCUT2D eigenvalue weighted by Crippen LogP contribution is 2.25. The molecule has 0 aliphatic rings. The zero-order chi connectivity index (χ0) is 23.2. The molecule has 0 unspecified atom stereocenters. The van der Waals surface area contributed by atoms with Gasteiger partial charge in [-0.25, -0.2) is 21.8 Å². The van der Waals surface area contributed by atoms with E-state index in [1.54, 1.807) is 13.8 Å². The third kappa shape index (κ3) is 5.43. The molecule has 0 amide bonds. The molecule has 1 aromatic heterocycles. The summed E-state index contributed by atoms with van der Waals surface area (Å²) in [5, 5.41) is 0.804. The van der Waals surface area contributed by atoms with Crippen LogP contribution in [0, 0.1) is 0 Å². The van der Waals surface area contributed by atoms with E-state index in [4.69, 9.17) is 21.7 Å². The number of benzene rings is 1. The van der Waals surface area contributed by atoms with E-state index in [0.717, 1.165) is 14.8 Å². The normalized spacial score (nSPS) is 11.9. The third-order valence-electron chi connectivity index (χ3n) is 3.95. The zero-order valence-corrected chi connectivity index (χ0v) is 19.7. The molecule has 31 heavy (non-hydrogen) atoms. The quantitative estimate of drug-likeness (QED) is 0.349. The molecule has 2 rings (SSSR count). The molecular formula is C16H22N6O6S3. The zero-order valence-electron chi connectivity index (χ0n) is 17.2. The van der Waals surface area contributed by atoms with E-state index in [2.05, 4.69) is 19.8 Å². The molecule has 0 spiro atoms. The van der Waals surface area contributed by atoms with Crippen molar-refractivity contribution >= 4 is 43.7 Å². The summed E-state index contributed by atoms with van der Waals surface area (Å²) < 4.78 is 63.2. The molecule has 0 aliphatic heterocycles. The molecule has 0 aliphatic carbocycles. The van der Waals surface area contributed by atoms with Gasteiger partial charge in [-0.3, -0.25) is 0 Å². The SMILES string of the molecule is CCN(CC)S(=O)(=O)c1ccccc1S(=O)(=O)NN(C=S)c1nc(OC)nc(OC)n1. The number of hydrogen-bond donors (Lipinski definition) is 1. The van der Waals surface area contributed by atoms with Crippen LogP contribution in [0.15, 0.2) is 34.1 Å². The van der Waals surface area contributed by atoms with E-state index in [9.17, 15) is 16.8 Å². The van der Waals surface area contributed by atoms with Gasteiger partial charge >= 0.3 is 12.0 Å². The summed E-state index contributed by atoms with van der Waals surface area (Å²) in [7, 11) is -5.89. The van der Waals surface area contributed by atoms with E-state index in [1.807, 2.05) is 0 Å². The maximum absolute atomic E-state index is 13.1. The fourth-order valence-electron chi connectivity index (χ4n) is 2.49. The Morgan fingerprint density at radius 3 is 1.94 bits per heavy atom. The number of ether oxygens (including phenoxy) is 2. The van der Waals surface area contributed by atoms with Crippen molar-refractivity contribution in [2.75, 3.05) is 32.3 Å². The molecule has 1 aromatic carbocycles. The van der Waals surface area contributed by atoms with Gasteiger partial charge in [0.05, 0.1) is 19.7 Å². The lowest BCUT2D eigenvalue weighted by Gasteiger charge is -2.22. The van der Waals surface area contributed by atoms with Crippen molar-refractivity contribution < 1.29 is 26.3 Å². The van der Waals surface area contributed by atoms with Gasteiger partial charge in [0.2, 0.25) is 10.0 Å². The first-order valence-corrected chi connectivity index (χ1v) is 12.2. The highest BCUT2D eigenvalue weighted by Gasteiger charge is 2.31. The molecule has 0 bridgehead atoms. The number of methoxy groups -OCH3 is 2. The molecule has 1 heterocycles. The number of rotatable bonds is 11. The molecule has 0 fully saturated rings. The van der Waals surface area contributed by atoms with Crippen LogP contribution in [0.1, 0.15) is 13.8 Å². The molecule has 0 saturated heterocycles. The second-order valence-corrected chi connectivity index (χ2v) is 9.46. The minimum atomic E-state index is -4.43. The van der Waals surface area contributed by atoms with Gasteiger partial charge < -0.3 is 9.47 Å². The summed E-state index contributed by atoms with van der Waals surface area (Å²) in [5.41, 5.74) is 0.924. The first kappa shape index (κ1) is 24.8. The first-order chi connectivity index (χ1) is 14.6. The molecule has 0 radical (unpaired) electrons. The molecule has 170 valence electrons. The smallest absolute Gasteiger partial charge is 0.324 e. The average Bonchev–Trinajstić information content (AvgIpc) is 2.77. The van der Waals surface area contributed by atoms with Crippen LogP contribution < -0.4 is 19.3 Å². The van der Waals surface area contributed by atoms with E-state index >= 15 is 0 Å². The standard InChI is InChI=1S/C16H22N6O6S3/c1-5-21(6-2)31(25,26)13-10-8-7-9-12(13)30(23,24)20-22(11-29)14-17-15(27-3)19-16(18-14)28-4/h7-11,20H,5-6H2,1-4H3. The van der Waals surface area contributed by atoms with Crippen LogP contribution in [0.4, 0.5) is 5.95 Å². The van der Waals surface area contributed by atoms with Gasteiger partial charge in [-0.15, -0.1) is 9.82 Å². The Kier molecular flexibility index (Phi) is 8.19. The molecule has 15 heteroatoms. The van der Waals surface area contributed by atoms with Gasteiger partial charge in [-0.2, -0.15) is 14.3 Å². The Hall–Kier alpha value is -2.46. The van der Waals surface area contributed by atoms with Crippen LogP contribution in [0.2, 0.25) is 0 Å². The van der Waals surface area contributed by atoms with E-state index < -0.39 is 24.9 Å². The van der Waals surface area contributed by atoms with Crippen molar-refractivity contribution in [3.05, 3.63) is 24.3 Å². The largest absolute Gasteiger partial charge is 0.467 e. The topological polar surface area (TPSA) is 144 Å². The Labute approximate surface area is 186 Å². The molecule has 2 aromatic rings. The number of nitrogens with one attached hydrogen (secondary N) is 1. The molecule has 0 atom stereocenters. The van der Waals surface area contributed by atoms with Crippen LogP contribution in [-0.2, 0) is 20.0 Å². The van der Waals surface area contributed by atoms with Gasteiger partial charge in [0.15, 0.2) is 0 Å². The van der Waals surface area contributed by atoms with Crippen molar-refractivity contribution in [3.63, 3.8) is 0 Å². The minimum absolute atomic E-state index is 0.146. The van der Waals surface area contributed by atoms with Gasteiger partial charge in [-0.05, 0) is 12.1 Å². The van der Waals surface area contributed by atoms with Crippen LogP contribution in [0.3, 0.4) is 0 Å². The summed E-state index contributed by atoms with van der Waals surface area (Å²) in [6, 6.07) is 4.95. The van der Waals surface area contributed by atoms with Crippen molar-refractivity contribution in [1.82, 2.24) is 24.1 Å². The summed E-state index contributed by atoms with van der Waals surface area (Å²) in [5.74, 6) is -0.244. The lowest BCUT2D eigenvalue weighted by atomic mass is 10.4. The monoisotopic (exact) mass is 490 g/mol. The van der Waals surface area contributed by atoms with Crippen molar-refractivity contribution in [2.45, 2.75) is 23.6 Å². The predicted octanol–water partition coefficient (Wildman–Crippen LogP) is 0.576. The number of thiocarbonyl (C=S) groups is 1. The van der Waals surface area contributed by atoms with Gasteiger partial charge in [0.25, 0.3) is 16.0 Å². The molecular weight excluding hydrogens is 468 g/mol. The predicted molar refractivity (Wildman–Crippen MR) is 116 cm³/mol. The highest BCUT2D eigenvalue weighted by molar-refractivity contribution is 7.92. The van der Waals surface area contributed by atoms with E-state index in [0.29, 0.717) is 0 Å². The number of sulfonamides is 2. The van der Waals surface area contributed by atoms with Crippen LogP contribution in [0.25, 0.3) is 0 Å². The fraction of sp³-hybridized carbons (Fsp3) is 0.375. The fourth-order valence-corrected chi connectivity index (χ4v) is 5.97. The minimum Gasteiger partial charge on any atom is -0.467 e. The van der Waals surface area contributed by atoms with Gasteiger partial charge in [0, 0.05) is 13.1 Å². The van der Waals surface area contributed by atoms with Crippen LogP contribution in [-0.4, -0.2) is 68.9 Å². The number of aromatic nitrogens is 3. The second kappa shape index (κ2) is 10.2. The lowest BCUT2D eigenvalue weighted by molar-refractivity contribution is 0.340. The average molecular weight is 491 g/mol. The maximum Gasteiger partial charge on any atom is 0.324 e. The summed E-state index contributed by atoms with van der Waals surface area (Å²) in [4.78, 5) is 13.0. The highest BCUT2D eigenvalue weighted by atomic mass is 32.2. The number of hydrogen-bond acceptors (Lipinski definition) is 10. The Morgan fingerprint density at radius 1 is 0.968 bits per heavy atom. The van der Waals surface area contributed by atoms with E-state index in [1.165, 1.54) is 38.5 Å². The van der Waals surface area contributed by atoms with Gasteiger partial charge in [-0.1, -0.05) is 38.2 Å². The molecule has 1 N–H and O–H groups in total. The maximum atomic E-state index is 13.1. The Morgan fingerprint density at radius 2 is 1.48 bits per heavy atom. The van der Waals surface area contributed by atoms with Crippen LogP contribution in [0.5, 0.6) is 12.0 Å². The Balaban J connectivity index is 2.53. The third-order valence-corrected chi connectivity index (χ3v) is 7.77. The summed E-state index contributed by atoms with van der Waals surface area (Å²) >= 11 is 4.88. The van der Waals surface area contributed by atoms with Gasteiger partial charge in [0.1, 0.15) is 9.79 Å². The number of anilines is 1. The van der Waals surface area contributed by atoms with Crippen molar-refractivity contribution in [2.24, 2.45) is 0 Å². The second-order valence-electron chi connectivity index (χ2n) is 5.72. The summed E-state index contributed by atoms with van der Waals surface area (Å²) in [6.45, 7) is 3.67. The number of nitrogens with zero attached hydrogens (tertiary/aromatic N) is 5. The molecule has 12 nitrogen and oxygen atoms in total. The van der Waals surface area contributed by atoms with E-state index in [-0.39, 0.29) is 36.0 Å². The van der Waals surface area contributed by atoms with Crippen LogP contribution >= 0.6 is 12.2 Å². The van der Waals surface area contributed by atoms with Crippen molar-refractivity contribution in [1.29, 1.82) is 0 Å². The lowest BCUT2D eigenvalue weighted by Crippen LogP contribution is -2.43. The van der Waals surface area contributed by atoms with Crippen molar-refractivity contribution in [3.8, 4) is 12.0 Å². The Bertz CT molecular complexity index is 1120.